The number of hydrogen-bond donors (Lipinski definition) is 1. The van der Waals surface area contributed by atoms with Crippen LogP contribution in [0.4, 0.5) is 0 Å². The maximum atomic E-state index is 12.4. The van der Waals surface area contributed by atoms with Gasteiger partial charge in [0, 0.05) is 30.1 Å². The molecule has 0 bridgehead atoms. The second-order valence-corrected chi connectivity index (χ2v) is 16.6. The smallest absolute Gasteiger partial charge is 0.156 e. The van der Waals surface area contributed by atoms with Gasteiger partial charge in [-0.15, -0.1) is 0 Å². The first-order valence-corrected chi connectivity index (χ1v) is 17.3. The van der Waals surface area contributed by atoms with Gasteiger partial charge in [-0.3, -0.25) is 14.4 Å². The third-order valence-electron chi connectivity index (χ3n) is 15.0. The molecule has 0 aromatic heterocycles. The number of Topliss-reactive ketones (excluding diaryl/α,β-unsaturated/α-hetero) is 2. The Kier molecular flexibility index (Phi) is 6.78. The fraction of sp³-hybridized carbons (Fsp3) is 0.763. The van der Waals surface area contributed by atoms with E-state index in [1.165, 1.54) is 17.6 Å². The summed E-state index contributed by atoms with van der Waals surface area (Å²) < 4.78 is 0. The summed E-state index contributed by atoms with van der Waals surface area (Å²) in [5, 5.41) is 10.00. The van der Waals surface area contributed by atoms with Crippen LogP contribution in [-0.2, 0) is 14.4 Å². The summed E-state index contributed by atoms with van der Waals surface area (Å²) in [6.45, 7) is 9.25. The highest BCUT2D eigenvalue weighted by Gasteiger charge is 2.59. The molecule has 4 heteroatoms. The average molecular weight is 573 g/mol. The zero-order chi connectivity index (χ0) is 29.7. The minimum atomic E-state index is -0.122. The molecule has 0 heterocycles. The molecule has 0 spiro atoms. The van der Waals surface area contributed by atoms with Crippen LogP contribution in [0.15, 0.2) is 35.5 Å². The van der Waals surface area contributed by atoms with Crippen molar-refractivity contribution >= 4 is 17.3 Å². The van der Waals surface area contributed by atoms with E-state index in [1.54, 1.807) is 0 Å². The number of aliphatic hydroxyl groups excluding tert-OH is 1. The van der Waals surface area contributed by atoms with E-state index in [4.69, 9.17) is 0 Å². The molecule has 5 fully saturated rings. The van der Waals surface area contributed by atoms with Gasteiger partial charge in [0.2, 0.25) is 0 Å². The predicted molar refractivity (Wildman–Crippen MR) is 164 cm³/mol. The number of carbonyl (C=O) groups is 3. The van der Waals surface area contributed by atoms with Crippen LogP contribution in [-0.4, -0.2) is 28.6 Å². The van der Waals surface area contributed by atoms with Gasteiger partial charge in [0.1, 0.15) is 11.6 Å². The van der Waals surface area contributed by atoms with Gasteiger partial charge in [0.05, 0.1) is 6.10 Å². The first-order chi connectivity index (χ1) is 19.9. The lowest BCUT2D eigenvalue weighted by molar-refractivity contribution is -0.132. The van der Waals surface area contributed by atoms with Gasteiger partial charge >= 0.3 is 0 Å². The Morgan fingerprint density at radius 3 is 2.02 bits per heavy atom. The molecule has 0 aromatic carbocycles. The fourth-order valence-corrected chi connectivity index (χ4v) is 12.2. The molecule has 4 nitrogen and oxygen atoms in total. The van der Waals surface area contributed by atoms with Crippen molar-refractivity contribution in [2.75, 3.05) is 0 Å². The average Bonchev–Trinajstić information content (AvgIpc) is 3.44. The summed E-state index contributed by atoms with van der Waals surface area (Å²) in [6, 6.07) is 0. The van der Waals surface area contributed by atoms with Crippen molar-refractivity contribution < 1.29 is 19.5 Å². The van der Waals surface area contributed by atoms with Crippen LogP contribution < -0.4 is 0 Å². The maximum absolute atomic E-state index is 12.4. The molecule has 5 saturated carbocycles. The van der Waals surface area contributed by atoms with E-state index in [2.05, 4.69) is 45.9 Å². The molecular formula is C38H52O4. The standard InChI is InChI=1S/C19H28O2.C19H24O2/c2*1-18-9-7-13(20)11-12(18)3-4-14-15-5-6-17(21)19(15,2)10-8-16(14)18/h3,13-16,20H,4-11H2,1-2H3;3-4,11,14-16H,5-10H2,1-2H3/t13-,14-,15-,16-,18-,19-;14-,15-,16-,18-,19-/m00/s1. The number of carbonyl (C=O) groups excluding carboxylic acids is 3. The summed E-state index contributed by atoms with van der Waals surface area (Å²) in [5.74, 6) is 5.04. The van der Waals surface area contributed by atoms with E-state index in [1.807, 2.05) is 6.08 Å². The predicted octanol–water partition coefficient (Wildman–Crippen LogP) is 7.74. The lowest BCUT2D eigenvalue weighted by Gasteiger charge is -2.56. The third-order valence-corrected chi connectivity index (χ3v) is 15.0. The molecule has 0 radical (unpaired) electrons. The van der Waals surface area contributed by atoms with Crippen molar-refractivity contribution in [3.8, 4) is 0 Å². The molecule has 228 valence electrons. The number of fused-ring (bicyclic) bond motifs is 10. The van der Waals surface area contributed by atoms with Gasteiger partial charge in [0.15, 0.2) is 5.78 Å². The van der Waals surface area contributed by atoms with Crippen molar-refractivity contribution in [2.24, 2.45) is 57.2 Å². The molecule has 0 aromatic rings. The Bertz CT molecular complexity index is 1290. The second kappa shape index (κ2) is 9.85. The highest BCUT2D eigenvalue weighted by Crippen LogP contribution is 2.65. The van der Waals surface area contributed by atoms with Crippen molar-refractivity contribution in [3.05, 3.63) is 35.5 Å². The van der Waals surface area contributed by atoms with Crippen LogP contribution in [0.2, 0.25) is 0 Å². The molecule has 0 unspecified atom stereocenters. The van der Waals surface area contributed by atoms with Gasteiger partial charge in [-0.05, 0) is 129 Å². The SMILES string of the molecule is C[C@]12CCC(=O)C=C1C=C[C@@H]1[C@@H]2CC[C@]2(C)C(=O)CC[C@@H]12.C[C@]12CC[C@H](O)CC1=CC[C@@H]1[C@@H]2CC[C@]2(C)C(=O)CC[C@@H]12. The molecule has 0 amide bonds. The number of ketones is 3. The van der Waals surface area contributed by atoms with Crippen LogP contribution in [0, 0.1) is 57.2 Å². The first-order valence-electron chi connectivity index (χ1n) is 17.3. The highest BCUT2D eigenvalue weighted by molar-refractivity contribution is 5.92. The van der Waals surface area contributed by atoms with Crippen molar-refractivity contribution in [2.45, 2.75) is 124 Å². The Hall–Kier alpha value is -1.81. The van der Waals surface area contributed by atoms with Gasteiger partial charge in [-0.1, -0.05) is 51.5 Å². The van der Waals surface area contributed by atoms with Crippen LogP contribution in [0.5, 0.6) is 0 Å². The largest absolute Gasteiger partial charge is 0.393 e. The third kappa shape index (κ3) is 4.05. The lowest BCUT2D eigenvalue weighted by atomic mass is 9.48. The molecule has 0 saturated heterocycles. The normalized spacial score (nSPS) is 50.6. The minimum absolute atomic E-state index is 0.0168. The number of allylic oxidation sites excluding steroid dienone is 5. The first kappa shape index (κ1) is 28.9. The van der Waals surface area contributed by atoms with Crippen molar-refractivity contribution in [1.82, 2.24) is 0 Å². The van der Waals surface area contributed by atoms with E-state index in [-0.39, 0.29) is 28.1 Å². The van der Waals surface area contributed by atoms with Crippen LogP contribution in [0.25, 0.3) is 0 Å². The number of aliphatic hydroxyl groups is 1. The van der Waals surface area contributed by atoms with E-state index in [0.29, 0.717) is 53.0 Å². The monoisotopic (exact) mass is 572 g/mol. The Labute approximate surface area is 252 Å². The second-order valence-electron chi connectivity index (χ2n) is 16.6. The van der Waals surface area contributed by atoms with Crippen molar-refractivity contribution in [3.63, 3.8) is 0 Å². The Morgan fingerprint density at radius 2 is 1.29 bits per heavy atom. The van der Waals surface area contributed by atoms with Crippen LogP contribution >= 0.6 is 0 Å². The molecule has 8 rings (SSSR count). The summed E-state index contributed by atoms with van der Waals surface area (Å²) in [6.07, 6.45) is 22.8. The number of hydrogen-bond acceptors (Lipinski definition) is 4. The van der Waals surface area contributed by atoms with Gasteiger partial charge in [0.25, 0.3) is 0 Å². The van der Waals surface area contributed by atoms with Gasteiger partial charge in [-0.25, -0.2) is 0 Å². The molecule has 11 atom stereocenters. The fourth-order valence-electron chi connectivity index (χ4n) is 12.2. The topological polar surface area (TPSA) is 71.4 Å². The summed E-state index contributed by atoms with van der Waals surface area (Å²) in [5.41, 5.74) is 3.13. The minimum Gasteiger partial charge on any atom is -0.393 e. The van der Waals surface area contributed by atoms with E-state index < -0.39 is 0 Å². The van der Waals surface area contributed by atoms with E-state index >= 15 is 0 Å². The van der Waals surface area contributed by atoms with Gasteiger partial charge < -0.3 is 5.11 Å². The zero-order valence-electron chi connectivity index (χ0n) is 26.4. The summed E-state index contributed by atoms with van der Waals surface area (Å²) in [4.78, 5) is 36.4. The molecule has 0 aliphatic heterocycles. The molecule has 8 aliphatic rings. The Balaban J connectivity index is 0.000000137. The Morgan fingerprint density at radius 1 is 0.690 bits per heavy atom. The number of rotatable bonds is 0. The molecule has 1 N–H and O–H groups in total. The summed E-state index contributed by atoms with van der Waals surface area (Å²) >= 11 is 0. The molecular weight excluding hydrogens is 520 g/mol. The molecule has 42 heavy (non-hydrogen) atoms. The highest BCUT2D eigenvalue weighted by atomic mass is 16.3. The van der Waals surface area contributed by atoms with Crippen molar-refractivity contribution in [1.29, 1.82) is 0 Å². The van der Waals surface area contributed by atoms with E-state index in [9.17, 15) is 19.5 Å². The van der Waals surface area contributed by atoms with E-state index in [0.717, 1.165) is 83.0 Å². The quantitative estimate of drug-likeness (QED) is 0.301. The summed E-state index contributed by atoms with van der Waals surface area (Å²) in [7, 11) is 0. The zero-order valence-corrected chi connectivity index (χ0v) is 26.4. The van der Waals surface area contributed by atoms with Crippen LogP contribution in [0.1, 0.15) is 118 Å². The molecule has 8 aliphatic carbocycles. The van der Waals surface area contributed by atoms with Gasteiger partial charge in [-0.2, -0.15) is 0 Å². The maximum Gasteiger partial charge on any atom is 0.156 e. The lowest BCUT2D eigenvalue weighted by Crippen LogP contribution is -2.50. The van der Waals surface area contributed by atoms with Crippen LogP contribution in [0.3, 0.4) is 0 Å².